The summed E-state index contributed by atoms with van der Waals surface area (Å²) in [5.41, 5.74) is 5.08. The maximum absolute atomic E-state index is 13.9. The fraction of sp³-hybridized carbons (Fsp3) is 0.429. The Labute approximate surface area is 250 Å². The number of rotatable bonds is 6. The second-order valence-corrected chi connectivity index (χ2v) is 12.6. The molecule has 5 rings (SSSR count). The molecule has 2 aliphatic heterocycles. The molecule has 0 saturated carbocycles. The number of nitrogens with one attached hydrogen (secondary N) is 1. The molecule has 42 heavy (non-hydrogen) atoms. The second-order valence-electron chi connectivity index (χ2n) is 12.6. The van der Waals surface area contributed by atoms with Crippen LogP contribution in [0.4, 0.5) is 17.1 Å². The molecular formula is C35H44N4O3. The third-order valence-corrected chi connectivity index (χ3v) is 8.62. The monoisotopic (exact) mass is 568 g/mol. The van der Waals surface area contributed by atoms with Gasteiger partial charge in [0.1, 0.15) is 5.75 Å². The molecule has 3 aromatic rings. The van der Waals surface area contributed by atoms with E-state index in [0.29, 0.717) is 22.7 Å². The van der Waals surface area contributed by atoms with Gasteiger partial charge in [-0.15, -0.1) is 0 Å². The van der Waals surface area contributed by atoms with Crippen LogP contribution < -0.4 is 19.9 Å². The first-order valence-corrected chi connectivity index (χ1v) is 15.1. The third-order valence-electron chi connectivity index (χ3n) is 8.62. The molecule has 2 saturated heterocycles. The molecule has 7 heteroatoms. The third kappa shape index (κ3) is 6.56. The van der Waals surface area contributed by atoms with Gasteiger partial charge in [-0.05, 0) is 72.2 Å². The highest BCUT2D eigenvalue weighted by Crippen LogP contribution is 2.32. The minimum absolute atomic E-state index is 0.0188. The van der Waals surface area contributed by atoms with Crippen LogP contribution in [0, 0.1) is 5.92 Å². The van der Waals surface area contributed by atoms with Gasteiger partial charge >= 0.3 is 0 Å². The van der Waals surface area contributed by atoms with Crippen LogP contribution in [0.25, 0.3) is 0 Å². The van der Waals surface area contributed by atoms with Gasteiger partial charge in [0.25, 0.3) is 11.8 Å². The average molecular weight is 569 g/mol. The molecule has 2 amide bonds. The van der Waals surface area contributed by atoms with Gasteiger partial charge in [0, 0.05) is 56.2 Å². The van der Waals surface area contributed by atoms with Crippen LogP contribution in [-0.4, -0.2) is 63.1 Å². The number of nitrogens with zero attached hydrogens (tertiary/aromatic N) is 3. The fourth-order valence-electron chi connectivity index (χ4n) is 5.85. The predicted molar refractivity (Wildman–Crippen MR) is 171 cm³/mol. The van der Waals surface area contributed by atoms with E-state index in [1.54, 1.807) is 7.11 Å². The van der Waals surface area contributed by atoms with Gasteiger partial charge in [0.2, 0.25) is 0 Å². The number of hydrogen-bond donors (Lipinski definition) is 1. The van der Waals surface area contributed by atoms with Crippen LogP contribution in [-0.2, 0) is 5.41 Å². The minimum atomic E-state index is -0.182. The van der Waals surface area contributed by atoms with E-state index >= 15 is 0 Å². The first kappa shape index (κ1) is 29.5. The summed E-state index contributed by atoms with van der Waals surface area (Å²) in [5, 5.41) is 3.04. The van der Waals surface area contributed by atoms with Crippen LogP contribution in [0.5, 0.6) is 5.75 Å². The normalized spacial score (nSPS) is 16.4. The van der Waals surface area contributed by atoms with E-state index in [1.165, 1.54) is 5.56 Å². The van der Waals surface area contributed by atoms with Crippen molar-refractivity contribution in [2.45, 2.75) is 46.0 Å². The van der Waals surface area contributed by atoms with Crippen LogP contribution >= 0.6 is 0 Å². The number of carbonyl (C=O) groups is 2. The molecule has 0 aromatic heterocycles. The Hall–Kier alpha value is -4.00. The van der Waals surface area contributed by atoms with E-state index in [1.807, 2.05) is 65.6 Å². The van der Waals surface area contributed by atoms with Crippen LogP contribution in [0.1, 0.15) is 66.8 Å². The van der Waals surface area contributed by atoms with Crippen LogP contribution in [0.2, 0.25) is 0 Å². The SMILES string of the molecule is COc1ccccc1N1CCN(c2ccc(NC(=O)c3ccc(C(C)(C)C)cc3)cc2C(=O)N2CCC(C)CC2)CC1. The van der Waals surface area contributed by atoms with Crippen molar-refractivity contribution in [2.75, 3.05) is 61.5 Å². The molecule has 2 aliphatic rings. The number of anilines is 3. The number of methoxy groups -OCH3 is 1. The summed E-state index contributed by atoms with van der Waals surface area (Å²) >= 11 is 0. The lowest BCUT2D eigenvalue weighted by molar-refractivity contribution is 0.0697. The smallest absolute Gasteiger partial charge is 0.256 e. The van der Waals surface area contributed by atoms with E-state index < -0.39 is 0 Å². The van der Waals surface area contributed by atoms with Gasteiger partial charge in [-0.3, -0.25) is 9.59 Å². The highest BCUT2D eigenvalue weighted by atomic mass is 16.5. The molecule has 0 atom stereocenters. The van der Waals surface area contributed by atoms with Crippen LogP contribution in [0.15, 0.2) is 66.7 Å². The predicted octanol–water partition coefficient (Wildman–Crippen LogP) is 6.44. The van der Waals surface area contributed by atoms with Crippen molar-refractivity contribution < 1.29 is 14.3 Å². The number of amides is 2. The number of benzene rings is 3. The Bertz CT molecular complexity index is 1400. The Morgan fingerprint density at radius 3 is 2.05 bits per heavy atom. The number of piperazine rings is 1. The molecule has 1 N–H and O–H groups in total. The lowest BCUT2D eigenvalue weighted by Gasteiger charge is -2.39. The summed E-state index contributed by atoms with van der Waals surface area (Å²) in [6.45, 7) is 13.4. The van der Waals surface area contributed by atoms with Crippen molar-refractivity contribution in [1.82, 2.24) is 4.90 Å². The van der Waals surface area contributed by atoms with Crippen molar-refractivity contribution in [1.29, 1.82) is 0 Å². The quantitative estimate of drug-likeness (QED) is 0.371. The molecule has 7 nitrogen and oxygen atoms in total. The molecular weight excluding hydrogens is 524 g/mol. The van der Waals surface area contributed by atoms with Crippen molar-refractivity contribution in [3.05, 3.63) is 83.4 Å². The molecule has 222 valence electrons. The summed E-state index contributed by atoms with van der Waals surface area (Å²) in [7, 11) is 1.70. The number of likely N-dealkylation sites (tertiary alicyclic amines) is 1. The highest BCUT2D eigenvalue weighted by molar-refractivity contribution is 6.06. The van der Waals surface area contributed by atoms with E-state index in [9.17, 15) is 9.59 Å². The van der Waals surface area contributed by atoms with Gasteiger partial charge < -0.3 is 24.8 Å². The summed E-state index contributed by atoms with van der Waals surface area (Å²) in [6.07, 6.45) is 2.03. The van der Waals surface area contributed by atoms with Gasteiger partial charge in [-0.25, -0.2) is 0 Å². The summed E-state index contributed by atoms with van der Waals surface area (Å²) in [5.74, 6) is 1.36. The van der Waals surface area contributed by atoms with E-state index in [4.69, 9.17) is 4.74 Å². The minimum Gasteiger partial charge on any atom is -0.495 e. The summed E-state index contributed by atoms with van der Waals surface area (Å²) < 4.78 is 5.59. The number of piperidine rings is 1. The van der Waals surface area contributed by atoms with Crippen molar-refractivity contribution >= 4 is 28.9 Å². The lowest BCUT2D eigenvalue weighted by atomic mass is 9.87. The fourth-order valence-corrected chi connectivity index (χ4v) is 5.85. The molecule has 2 fully saturated rings. The Kier molecular flexibility index (Phi) is 8.76. The zero-order valence-corrected chi connectivity index (χ0v) is 25.7. The van der Waals surface area contributed by atoms with E-state index in [2.05, 4.69) is 48.9 Å². The summed E-state index contributed by atoms with van der Waals surface area (Å²) in [4.78, 5) is 33.7. The standard InChI is InChI=1S/C35H44N4O3/c1-25-16-18-39(19-17-25)34(41)29-24-28(36-33(40)26-10-12-27(13-11-26)35(2,3)4)14-15-30(29)37-20-22-38(23-21-37)31-8-6-7-9-32(31)42-5/h6-15,24-25H,16-23H2,1-5H3,(H,36,40). The Balaban J connectivity index is 1.37. The molecule has 0 bridgehead atoms. The van der Waals surface area contributed by atoms with Gasteiger partial charge in [-0.2, -0.15) is 0 Å². The summed E-state index contributed by atoms with van der Waals surface area (Å²) in [6, 6.07) is 21.6. The van der Waals surface area contributed by atoms with Crippen LogP contribution in [0.3, 0.4) is 0 Å². The first-order valence-electron chi connectivity index (χ1n) is 15.1. The van der Waals surface area contributed by atoms with Crippen molar-refractivity contribution in [3.63, 3.8) is 0 Å². The first-order chi connectivity index (χ1) is 20.1. The molecule has 0 unspecified atom stereocenters. The number of carbonyl (C=O) groups excluding carboxylic acids is 2. The number of hydrogen-bond acceptors (Lipinski definition) is 5. The zero-order chi connectivity index (χ0) is 29.9. The lowest BCUT2D eigenvalue weighted by Crippen LogP contribution is -2.47. The number of para-hydroxylation sites is 2. The largest absolute Gasteiger partial charge is 0.495 e. The second kappa shape index (κ2) is 12.5. The highest BCUT2D eigenvalue weighted by Gasteiger charge is 2.28. The van der Waals surface area contributed by atoms with Gasteiger partial charge in [-0.1, -0.05) is 52.0 Å². The maximum atomic E-state index is 13.9. The topological polar surface area (TPSA) is 65.1 Å². The molecule has 0 spiro atoms. The molecule has 0 aliphatic carbocycles. The van der Waals surface area contributed by atoms with Gasteiger partial charge in [0.15, 0.2) is 0 Å². The molecule has 2 heterocycles. The molecule has 0 radical (unpaired) electrons. The van der Waals surface area contributed by atoms with Gasteiger partial charge in [0.05, 0.1) is 18.4 Å². The maximum Gasteiger partial charge on any atom is 0.256 e. The molecule has 3 aromatic carbocycles. The zero-order valence-electron chi connectivity index (χ0n) is 25.7. The van der Waals surface area contributed by atoms with Crippen molar-refractivity contribution in [3.8, 4) is 5.75 Å². The van der Waals surface area contributed by atoms with E-state index in [-0.39, 0.29) is 17.2 Å². The Morgan fingerprint density at radius 1 is 0.810 bits per heavy atom. The van der Waals surface area contributed by atoms with E-state index in [0.717, 1.165) is 69.2 Å². The Morgan fingerprint density at radius 2 is 1.43 bits per heavy atom. The average Bonchev–Trinajstić information content (AvgIpc) is 3.01. The number of ether oxygens (including phenoxy) is 1. The van der Waals surface area contributed by atoms with Crippen molar-refractivity contribution in [2.24, 2.45) is 5.92 Å².